The van der Waals surface area contributed by atoms with Crippen LogP contribution in [0.5, 0.6) is 0 Å². The van der Waals surface area contributed by atoms with Crippen LogP contribution >= 0.6 is 0 Å². The quantitative estimate of drug-likeness (QED) is 0.668. The van der Waals surface area contributed by atoms with Crippen molar-refractivity contribution in [2.45, 2.75) is 64.8 Å². The number of hydrogen-bond acceptors (Lipinski definition) is 8. The van der Waals surface area contributed by atoms with Crippen LogP contribution in [-0.4, -0.2) is 61.2 Å². The second kappa shape index (κ2) is 6.65. The zero-order valence-electron chi connectivity index (χ0n) is 15.0. The molecule has 2 aliphatic heterocycles. The lowest BCUT2D eigenvalue weighted by Crippen LogP contribution is -2.26. The molecule has 3 aliphatic rings. The number of nitrogens with zero attached hydrogens (tertiary/aromatic N) is 2. The molecule has 0 spiro atoms. The monoisotopic (exact) mass is 352 g/mol. The first-order chi connectivity index (χ1) is 11.8. The van der Waals surface area contributed by atoms with E-state index in [1.54, 1.807) is 27.7 Å². The van der Waals surface area contributed by atoms with Crippen molar-refractivity contribution >= 4 is 23.7 Å². The van der Waals surface area contributed by atoms with Crippen LogP contribution in [0, 0.1) is 5.41 Å². The summed E-state index contributed by atoms with van der Waals surface area (Å²) in [6, 6.07) is -1.31. The van der Waals surface area contributed by atoms with Crippen molar-refractivity contribution in [1.29, 1.82) is 0 Å². The van der Waals surface area contributed by atoms with Gasteiger partial charge in [-0.15, -0.1) is 0 Å². The standard InChI is InChI=1S/C17H24N2O6/c1-9(2)24-13(20)11-7-22-15(18-11)17(5-6-17)16-19-12(8-23-16)14(21)25-10(3)4/h9-12H,5-8H2,1-4H3/t11-,12-/m1/s1. The Balaban J connectivity index is 1.69. The third-order valence-corrected chi connectivity index (χ3v) is 4.12. The van der Waals surface area contributed by atoms with Crippen molar-refractivity contribution < 1.29 is 28.5 Å². The van der Waals surface area contributed by atoms with E-state index in [-0.39, 0.29) is 25.4 Å². The van der Waals surface area contributed by atoms with Crippen molar-refractivity contribution in [3.63, 3.8) is 0 Å². The molecule has 1 fully saturated rings. The largest absolute Gasteiger partial charge is 0.477 e. The molecule has 0 N–H and O–H groups in total. The molecule has 0 aromatic rings. The minimum absolute atomic E-state index is 0.161. The van der Waals surface area contributed by atoms with Gasteiger partial charge in [-0.25, -0.2) is 19.6 Å². The maximum Gasteiger partial charge on any atom is 0.334 e. The maximum absolute atomic E-state index is 12.0. The summed E-state index contributed by atoms with van der Waals surface area (Å²) in [5, 5.41) is 0. The van der Waals surface area contributed by atoms with Gasteiger partial charge in [0.25, 0.3) is 0 Å². The molecule has 0 unspecified atom stereocenters. The van der Waals surface area contributed by atoms with E-state index in [1.165, 1.54) is 0 Å². The molecule has 0 aromatic carbocycles. The van der Waals surface area contributed by atoms with Gasteiger partial charge in [0.1, 0.15) is 18.6 Å². The van der Waals surface area contributed by atoms with E-state index in [2.05, 4.69) is 9.98 Å². The average Bonchev–Trinajstić information content (AvgIpc) is 3.00. The van der Waals surface area contributed by atoms with Crippen molar-refractivity contribution in [3.05, 3.63) is 0 Å². The Morgan fingerprint density at radius 3 is 1.64 bits per heavy atom. The molecule has 25 heavy (non-hydrogen) atoms. The molecule has 8 nitrogen and oxygen atoms in total. The number of ether oxygens (including phenoxy) is 4. The zero-order valence-corrected chi connectivity index (χ0v) is 15.0. The van der Waals surface area contributed by atoms with Gasteiger partial charge in [0.2, 0.25) is 0 Å². The normalized spacial score (nSPS) is 26.6. The van der Waals surface area contributed by atoms with E-state index in [0.29, 0.717) is 11.8 Å². The number of carbonyl (C=O) groups is 2. The fourth-order valence-electron chi connectivity index (χ4n) is 2.78. The van der Waals surface area contributed by atoms with Crippen molar-refractivity contribution in [3.8, 4) is 0 Å². The predicted octanol–water partition coefficient (Wildman–Crippen LogP) is 1.26. The Morgan fingerprint density at radius 1 is 0.920 bits per heavy atom. The van der Waals surface area contributed by atoms with E-state index >= 15 is 0 Å². The van der Waals surface area contributed by atoms with Gasteiger partial charge in [-0.2, -0.15) is 0 Å². The summed E-state index contributed by atoms with van der Waals surface area (Å²) in [6.07, 6.45) is 1.14. The zero-order chi connectivity index (χ0) is 18.2. The van der Waals surface area contributed by atoms with Crippen molar-refractivity contribution in [1.82, 2.24) is 0 Å². The average molecular weight is 352 g/mol. The molecule has 8 heteroatoms. The minimum atomic E-state index is -0.654. The first-order valence-electron chi connectivity index (χ1n) is 8.65. The lowest BCUT2D eigenvalue weighted by Gasteiger charge is -2.13. The van der Waals surface area contributed by atoms with Crippen LogP contribution in [0.15, 0.2) is 9.98 Å². The number of aliphatic imine (C=N–C) groups is 2. The van der Waals surface area contributed by atoms with Gasteiger partial charge in [-0.05, 0) is 40.5 Å². The molecule has 2 atom stereocenters. The van der Waals surface area contributed by atoms with Gasteiger partial charge in [0, 0.05) is 0 Å². The molecule has 1 saturated carbocycles. The Bertz CT molecular complexity index is 571. The summed E-state index contributed by atoms with van der Waals surface area (Å²) in [5.74, 6) is 0.117. The third kappa shape index (κ3) is 3.62. The van der Waals surface area contributed by atoms with Gasteiger partial charge in [0.15, 0.2) is 23.9 Å². The van der Waals surface area contributed by atoms with Crippen LogP contribution in [0.4, 0.5) is 0 Å². The Labute approximate surface area is 146 Å². The van der Waals surface area contributed by atoms with E-state index in [0.717, 1.165) is 12.8 Å². The summed E-state index contributed by atoms with van der Waals surface area (Å²) in [5.41, 5.74) is -0.542. The summed E-state index contributed by atoms with van der Waals surface area (Å²) in [6.45, 7) is 7.48. The number of carbonyl (C=O) groups excluding carboxylic acids is 2. The van der Waals surface area contributed by atoms with Crippen molar-refractivity contribution in [2.24, 2.45) is 15.4 Å². The second-order valence-electron chi connectivity index (χ2n) is 7.08. The summed E-state index contributed by atoms with van der Waals surface area (Å²) >= 11 is 0. The fraction of sp³-hybridized carbons (Fsp3) is 0.765. The number of hydrogen-bond donors (Lipinski definition) is 0. The summed E-state index contributed by atoms with van der Waals surface area (Å²) < 4.78 is 21.6. The lowest BCUT2D eigenvalue weighted by molar-refractivity contribution is -0.150. The highest BCUT2D eigenvalue weighted by Crippen LogP contribution is 2.51. The van der Waals surface area contributed by atoms with Crippen LogP contribution in [-0.2, 0) is 28.5 Å². The number of esters is 2. The first-order valence-corrected chi connectivity index (χ1v) is 8.65. The van der Waals surface area contributed by atoms with Crippen LogP contribution in [0.1, 0.15) is 40.5 Å². The fourth-order valence-corrected chi connectivity index (χ4v) is 2.78. The smallest absolute Gasteiger partial charge is 0.334 e. The predicted molar refractivity (Wildman–Crippen MR) is 88.5 cm³/mol. The molecule has 0 saturated heterocycles. The van der Waals surface area contributed by atoms with E-state index in [4.69, 9.17) is 18.9 Å². The van der Waals surface area contributed by atoms with Gasteiger partial charge in [0.05, 0.1) is 12.2 Å². The van der Waals surface area contributed by atoms with Crippen LogP contribution in [0.3, 0.4) is 0 Å². The lowest BCUT2D eigenvalue weighted by atomic mass is 10.1. The second-order valence-corrected chi connectivity index (χ2v) is 7.08. The molecule has 0 bridgehead atoms. The van der Waals surface area contributed by atoms with Crippen LogP contribution in [0.25, 0.3) is 0 Å². The molecular weight excluding hydrogens is 328 g/mol. The van der Waals surface area contributed by atoms with Crippen molar-refractivity contribution in [2.75, 3.05) is 13.2 Å². The summed E-state index contributed by atoms with van der Waals surface area (Å²) in [4.78, 5) is 32.7. The molecule has 0 aromatic heterocycles. The first kappa shape index (κ1) is 17.7. The summed E-state index contributed by atoms with van der Waals surface area (Å²) in [7, 11) is 0. The molecule has 0 radical (unpaired) electrons. The Morgan fingerprint density at radius 2 is 1.32 bits per heavy atom. The minimum Gasteiger partial charge on any atom is -0.477 e. The highest BCUT2D eigenvalue weighted by molar-refractivity contribution is 6.10. The van der Waals surface area contributed by atoms with E-state index in [1.807, 2.05) is 0 Å². The van der Waals surface area contributed by atoms with Gasteiger partial charge in [-0.1, -0.05) is 0 Å². The Kier molecular flexibility index (Phi) is 4.71. The topological polar surface area (TPSA) is 95.8 Å². The molecule has 3 rings (SSSR count). The van der Waals surface area contributed by atoms with Gasteiger partial charge < -0.3 is 18.9 Å². The molecule has 138 valence electrons. The highest BCUT2D eigenvalue weighted by atomic mass is 16.6. The third-order valence-electron chi connectivity index (χ3n) is 4.12. The van der Waals surface area contributed by atoms with Crippen LogP contribution < -0.4 is 0 Å². The van der Waals surface area contributed by atoms with Gasteiger partial charge in [-0.3, -0.25) is 0 Å². The Hall–Kier alpha value is -2.12. The van der Waals surface area contributed by atoms with Gasteiger partial charge >= 0.3 is 11.9 Å². The van der Waals surface area contributed by atoms with Crippen LogP contribution in [0.2, 0.25) is 0 Å². The molecule has 2 heterocycles. The SMILES string of the molecule is CC(C)OC(=O)[C@H]1COC(C2(C3=N[C@@H](C(=O)OC(C)C)CO3)CC2)=N1. The molecular formula is C17H24N2O6. The molecule has 1 aliphatic carbocycles. The maximum atomic E-state index is 12.0. The highest BCUT2D eigenvalue weighted by Gasteiger charge is 2.59. The van der Waals surface area contributed by atoms with E-state index in [9.17, 15) is 9.59 Å². The number of rotatable bonds is 6. The molecule has 0 amide bonds. The van der Waals surface area contributed by atoms with E-state index < -0.39 is 29.4 Å².